The molecule has 2 atom stereocenters. The van der Waals surface area contributed by atoms with E-state index in [1.54, 1.807) is 24.3 Å². The van der Waals surface area contributed by atoms with Crippen LogP contribution in [0.5, 0.6) is 11.5 Å². The molecule has 2 N–H and O–H groups in total. The number of hydrogen-bond donors (Lipinski definition) is 2. The van der Waals surface area contributed by atoms with Gasteiger partial charge in [-0.2, -0.15) is 0 Å². The number of nitrogens with zero attached hydrogens (tertiary/aromatic N) is 4. The molecule has 4 aromatic rings. The van der Waals surface area contributed by atoms with Crippen molar-refractivity contribution in [3.63, 3.8) is 0 Å². The van der Waals surface area contributed by atoms with E-state index in [-0.39, 0.29) is 21.2 Å². The zero-order valence-corrected chi connectivity index (χ0v) is 38.0. The molecule has 0 bridgehead atoms. The molecule has 16 heteroatoms. The predicted octanol–water partition coefficient (Wildman–Crippen LogP) is 7.90. The molecule has 348 valence electrons. The highest BCUT2D eigenvalue weighted by Gasteiger charge is 2.55. The number of benzene rings is 4. The molecule has 0 radical (unpaired) electrons. The van der Waals surface area contributed by atoms with Gasteiger partial charge in [0, 0.05) is 97.2 Å². The first-order valence-electron chi connectivity index (χ1n) is 22.7. The Morgan fingerprint density at radius 1 is 0.545 bits per heavy atom. The van der Waals surface area contributed by atoms with E-state index >= 15 is 0 Å². The van der Waals surface area contributed by atoms with Gasteiger partial charge in [0.1, 0.15) is 11.5 Å². The van der Waals surface area contributed by atoms with Gasteiger partial charge in [-0.15, -0.1) is 0 Å². The summed E-state index contributed by atoms with van der Waals surface area (Å²) in [5.41, 5.74) is 4.28. The Kier molecular flexibility index (Phi) is 12.6. The number of nitro benzene ring substituents is 2. The fourth-order valence-corrected chi connectivity index (χ4v) is 9.77. The summed E-state index contributed by atoms with van der Waals surface area (Å²) in [5.74, 6) is 1.21. The van der Waals surface area contributed by atoms with Crippen molar-refractivity contribution in [3.05, 3.63) is 139 Å². The second kappa shape index (κ2) is 18.4. The zero-order chi connectivity index (χ0) is 46.1. The lowest BCUT2D eigenvalue weighted by molar-refractivity contribution is -0.385. The molecule has 16 nitrogen and oxygen atoms in total. The highest BCUT2D eigenvalue weighted by Crippen LogP contribution is 2.53. The summed E-state index contributed by atoms with van der Waals surface area (Å²) >= 11 is 0. The normalized spacial score (nSPS) is 24.1. The molecular weight excluding hydrogens is 845 g/mol. The van der Waals surface area contributed by atoms with Crippen molar-refractivity contribution >= 4 is 34.9 Å². The van der Waals surface area contributed by atoms with E-state index in [0.717, 1.165) is 22.5 Å². The molecule has 0 aliphatic carbocycles. The Balaban J connectivity index is 0.851. The van der Waals surface area contributed by atoms with Gasteiger partial charge in [0.25, 0.3) is 11.4 Å². The van der Waals surface area contributed by atoms with E-state index in [1.165, 1.54) is 0 Å². The number of nitrogens with one attached hydrogen (secondary N) is 2. The van der Waals surface area contributed by atoms with Crippen LogP contribution in [-0.2, 0) is 42.9 Å². The van der Waals surface area contributed by atoms with E-state index in [1.807, 2.05) is 60.7 Å². The van der Waals surface area contributed by atoms with Gasteiger partial charge in [0.2, 0.25) is 11.4 Å². The van der Waals surface area contributed by atoms with Crippen molar-refractivity contribution in [1.82, 2.24) is 9.80 Å². The first-order valence-corrected chi connectivity index (χ1v) is 22.7. The van der Waals surface area contributed by atoms with Crippen LogP contribution < -0.4 is 20.1 Å². The highest BCUT2D eigenvalue weighted by atomic mass is 16.6. The van der Waals surface area contributed by atoms with Gasteiger partial charge in [-0.25, -0.2) is 0 Å². The summed E-state index contributed by atoms with van der Waals surface area (Å²) < 4.78 is 38.2. The van der Waals surface area contributed by atoms with Gasteiger partial charge in [-0.1, -0.05) is 36.4 Å². The second-order valence-corrected chi connectivity index (χ2v) is 18.5. The molecule has 2 spiro atoms. The number of ether oxygens (including phenoxy) is 6. The molecule has 9 rings (SSSR count). The van der Waals surface area contributed by atoms with Crippen molar-refractivity contribution in [2.45, 2.75) is 63.1 Å². The quantitative estimate of drug-likeness (QED) is 0.141. The number of nitro groups is 2. The Hall–Kier alpha value is -5.88. The smallest absolute Gasteiger partial charge is 0.270 e. The average Bonchev–Trinajstić information content (AvgIpc) is 3.64. The lowest BCUT2D eigenvalue weighted by Crippen LogP contribution is -2.53. The fraction of sp³-hybridized carbons (Fsp3) is 0.440. The minimum absolute atomic E-state index is 0.00305. The Bertz CT molecular complexity index is 2350. The van der Waals surface area contributed by atoms with Crippen molar-refractivity contribution < 1.29 is 38.3 Å². The summed E-state index contributed by atoms with van der Waals surface area (Å²) in [6, 6.07) is 22.7. The Labute approximate surface area is 384 Å². The highest BCUT2D eigenvalue weighted by molar-refractivity contribution is 5.74. The van der Waals surface area contributed by atoms with Crippen LogP contribution in [-0.4, -0.2) is 110 Å². The van der Waals surface area contributed by atoms with Crippen molar-refractivity contribution in [2.75, 3.05) is 89.7 Å². The fourth-order valence-electron chi connectivity index (χ4n) is 9.77. The first kappa shape index (κ1) is 45.3. The van der Waals surface area contributed by atoms with Gasteiger partial charge < -0.3 is 39.1 Å². The molecule has 5 aliphatic heterocycles. The molecule has 0 saturated carbocycles. The molecule has 1 fully saturated rings. The molecule has 2 unspecified atom stereocenters. The summed E-state index contributed by atoms with van der Waals surface area (Å²) in [4.78, 5) is 27.9. The minimum Gasteiger partial charge on any atom is -0.463 e. The molecule has 66 heavy (non-hydrogen) atoms. The van der Waals surface area contributed by atoms with E-state index in [2.05, 4.69) is 60.3 Å². The van der Waals surface area contributed by atoms with Crippen LogP contribution in [0.1, 0.15) is 61.1 Å². The SMILES string of the molecule is CC1(C)c2ccccc2NC12C=Cc1cc([N+](=O)[O-])cc(CN3CCOCCOCCN(Cc4cc([N+](=O)[O-])cc5c4OC4(C=C5)Nc5ccccc5C4(C)C)CCOCCOCC3)c1O2. The van der Waals surface area contributed by atoms with Crippen molar-refractivity contribution in [2.24, 2.45) is 0 Å². The van der Waals surface area contributed by atoms with E-state index in [9.17, 15) is 20.2 Å². The van der Waals surface area contributed by atoms with Crippen LogP contribution in [0.3, 0.4) is 0 Å². The maximum Gasteiger partial charge on any atom is 0.270 e. The summed E-state index contributed by atoms with van der Waals surface area (Å²) in [6.07, 6.45) is 7.80. The van der Waals surface area contributed by atoms with Crippen LogP contribution in [0.4, 0.5) is 22.7 Å². The maximum atomic E-state index is 12.1. The van der Waals surface area contributed by atoms with Crippen molar-refractivity contribution in [3.8, 4) is 11.5 Å². The lowest BCUT2D eigenvalue weighted by Gasteiger charge is -2.42. The van der Waals surface area contributed by atoms with Gasteiger partial charge in [0.05, 0.1) is 73.5 Å². The molecular formula is C50H58N6O10. The van der Waals surface area contributed by atoms with Crippen LogP contribution in [0, 0.1) is 20.2 Å². The molecule has 0 amide bonds. The topological polar surface area (TPSA) is 172 Å². The molecule has 5 heterocycles. The zero-order valence-electron chi connectivity index (χ0n) is 38.0. The van der Waals surface area contributed by atoms with Gasteiger partial charge >= 0.3 is 0 Å². The summed E-state index contributed by atoms with van der Waals surface area (Å²) in [6.45, 7) is 14.5. The third-order valence-electron chi connectivity index (χ3n) is 13.7. The van der Waals surface area contributed by atoms with E-state index < -0.39 is 22.3 Å². The number of hydrogen-bond acceptors (Lipinski definition) is 14. The Morgan fingerprint density at radius 3 is 1.26 bits per heavy atom. The summed E-state index contributed by atoms with van der Waals surface area (Å²) in [7, 11) is 0. The molecule has 5 aliphatic rings. The number of para-hydroxylation sites is 2. The second-order valence-electron chi connectivity index (χ2n) is 18.5. The maximum absolute atomic E-state index is 12.1. The lowest BCUT2D eigenvalue weighted by atomic mass is 9.76. The van der Waals surface area contributed by atoms with Gasteiger partial charge in [-0.3, -0.25) is 30.0 Å². The average molecular weight is 903 g/mol. The number of non-ortho nitro benzene ring substituents is 2. The largest absolute Gasteiger partial charge is 0.463 e. The number of rotatable bonds is 6. The molecule has 0 aromatic heterocycles. The van der Waals surface area contributed by atoms with Crippen LogP contribution in [0.15, 0.2) is 84.9 Å². The van der Waals surface area contributed by atoms with Crippen molar-refractivity contribution in [1.29, 1.82) is 0 Å². The number of fused-ring (bicyclic) bond motifs is 4. The van der Waals surface area contributed by atoms with Gasteiger partial charge in [-0.05, 0) is 75.3 Å². The molecule has 4 aromatic carbocycles. The monoisotopic (exact) mass is 902 g/mol. The minimum atomic E-state index is -0.888. The molecule has 1 saturated heterocycles. The van der Waals surface area contributed by atoms with Crippen LogP contribution in [0.25, 0.3) is 12.2 Å². The van der Waals surface area contributed by atoms with Gasteiger partial charge in [0.15, 0.2) is 0 Å². The standard InChI is InChI=1S/C50H58N6O10/c1-47(2)41-9-5-7-11-43(41)51-49(47)15-13-35-29-39(55(57)58)31-37(45(35)65-49)33-53-17-21-61-25-27-63-23-19-54(20-24-64-28-26-62-22-18-53)34-38-32-40(56(59)60)30-36-14-16-50(66-46(36)38)48(3,4)42-10-6-8-12-44(42)52-50/h5-16,29-32,51-52H,17-28,33-34H2,1-4H3. The third kappa shape index (κ3) is 8.64. The predicted molar refractivity (Wildman–Crippen MR) is 251 cm³/mol. The summed E-state index contributed by atoms with van der Waals surface area (Å²) in [5, 5.41) is 31.5. The Morgan fingerprint density at radius 2 is 0.909 bits per heavy atom. The first-order chi connectivity index (χ1) is 31.8. The third-order valence-corrected chi connectivity index (χ3v) is 13.7. The van der Waals surface area contributed by atoms with E-state index in [4.69, 9.17) is 28.4 Å². The van der Waals surface area contributed by atoms with E-state index in [0.29, 0.717) is 126 Å². The van der Waals surface area contributed by atoms with Crippen LogP contribution in [0.2, 0.25) is 0 Å². The van der Waals surface area contributed by atoms with Crippen LogP contribution >= 0.6 is 0 Å². The number of anilines is 2.